The normalized spacial score (nSPS) is 10.9. The topological polar surface area (TPSA) is 56.2 Å². The van der Waals surface area contributed by atoms with Gasteiger partial charge < -0.3 is 10.1 Å². The number of aryl methyl sites for hydroxylation is 1. The lowest BCUT2D eigenvalue weighted by atomic mass is 10.2. The lowest BCUT2D eigenvalue weighted by molar-refractivity contribution is 0.0943. The maximum Gasteiger partial charge on any atom is 0.270 e. The van der Waals surface area contributed by atoms with E-state index in [0.29, 0.717) is 28.1 Å². The summed E-state index contributed by atoms with van der Waals surface area (Å²) in [5.41, 5.74) is 1.72. The average molecular weight is 393 g/mol. The first-order valence-electron chi connectivity index (χ1n) is 8.92. The molecule has 4 rings (SSSR count). The fraction of sp³-hybridized carbons (Fsp3) is 0.0909. The van der Waals surface area contributed by atoms with Crippen LogP contribution >= 0.6 is 0 Å². The van der Waals surface area contributed by atoms with Gasteiger partial charge in [-0.15, -0.1) is 0 Å². The van der Waals surface area contributed by atoms with E-state index in [1.807, 2.05) is 12.1 Å². The minimum atomic E-state index is -0.420. The molecule has 0 radical (unpaired) electrons. The van der Waals surface area contributed by atoms with Crippen molar-refractivity contribution in [2.75, 3.05) is 0 Å². The van der Waals surface area contributed by atoms with E-state index in [1.165, 1.54) is 28.9 Å². The predicted molar refractivity (Wildman–Crippen MR) is 105 cm³/mol. The highest BCUT2D eigenvalue weighted by Crippen LogP contribution is 2.22. The number of aromatic nitrogens is 2. The Hall–Kier alpha value is -3.74. The second kappa shape index (κ2) is 7.71. The van der Waals surface area contributed by atoms with Crippen LogP contribution in [-0.4, -0.2) is 15.7 Å². The van der Waals surface area contributed by atoms with Crippen molar-refractivity contribution in [1.29, 1.82) is 0 Å². The zero-order valence-corrected chi connectivity index (χ0v) is 15.5. The van der Waals surface area contributed by atoms with Gasteiger partial charge in [0.15, 0.2) is 0 Å². The molecule has 7 heteroatoms. The van der Waals surface area contributed by atoms with Crippen LogP contribution in [0.1, 0.15) is 16.1 Å². The van der Waals surface area contributed by atoms with Gasteiger partial charge in [0.1, 0.15) is 28.8 Å². The number of rotatable bonds is 5. The molecule has 0 aliphatic rings. The van der Waals surface area contributed by atoms with Crippen molar-refractivity contribution < 1.29 is 18.3 Å². The van der Waals surface area contributed by atoms with Gasteiger partial charge >= 0.3 is 0 Å². The van der Waals surface area contributed by atoms with Crippen LogP contribution in [-0.2, 0) is 13.6 Å². The number of carbonyl (C=O) groups excluding carboxylic acids is 1. The van der Waals surface area contributed by atoms with Gasteiger partial charge in [-0.2, -0.15) is 5.10 Å². The summed E-state index contributed by atoms with van der Waals surface area (Å²) in [4.78, 5) is 12.6. The Morgan fingerprint density at radius 3 is 2.28 bits per heavy atom. The van der Waals surface area contributed by atoms with E-state index in [9.17, 15) is 13.6 Å². The molecule has 0 saturated heterocycles. The van der Waals surface area contributed by atoms with Crippen LogP contribution < -0.4 is 10.1 Å². The summed E-state index contributed by atoms with van der Waals surface area (Å²) in [5.74, 6) is 0.0403. The molecule has 5 nitrogen and oxygen atoms in total. The summed E-state index contributed by atoms with van der Waals surface area (Å²) in [6.07, 6.45) is 0. The zero-order valence-electron chi connectivity index (χ0n) is 15.5. The minimum Gasteiger partial charge on any atom is -0.457 e. The Bertz CT molecular complexity index is 1170. The number of benzene rings is 3. The van der Waals surface area contributed by atoms with Crippen molar-refractivity contribution in [3.63, 3.8) is 0 Å². The highest BCUT2D eigenvalue weighted by Gasteiger charge is 2.17. The number of ether oxygens (including phenoxy) is 1. The van der Waals surface area contributed by atoms with Crippen molar-refractivity contribution in [3.05, 3.63) is 89.6 Å². The molecule has 0 bridgehead atoms. The first-order chi connectivity index (χ1) is 14.0. The second-order valence-electron chi connectivity index (χ2n) is 6.52. The molecule has 3 aromatic carbocycles. The van der Waals surface area contributed by atoms with Crippen LogP contribution in [0.4, 0.5) is 8.78 Å². The molecule has 0 aliphatic heterocycles. The monoisotopic (exact) mass is 393 g/mol. The van der Waals surface area contributed by atoms with Gasteiger partial charge in [-0.1, -0.05) is 12.1 Å². The SMILES string of the molecule is Cn1nc2ccc(F)cc2c1C(=O)NCc1ccc(Oc2ccc(F)cc2)cc1. The third-order valence-corrected chi connectivity index (χ3v) is 4.44. The summed E-state index contributed by atoms with van der Waals surface area (Å²) in [5, 5.41) is 7.53. The van der Waals surface area contributed by atoms with Crippen molar-refractivity contribution >= 4 is 16.8 Å². The first kappa shape index (κ1) is 18.6. The van der Waals surface area contributed by atoms with Gasteiger partial charge in [0.25, 0.3) is 5.91 Å². The highest BCUT2D eigenvalue weighted by atomic mass is 19.1. The van der Waals surface area contributed by atoms with Gasteiger partial charge in [0, 0.05) is 19.0 Å². The number of carbonyl (C=O) groups is 1. The number of nitrogens with zero attached hydrogens (tertiary/aromatic N) is 2. The van der Waals surface area contributed by atoms with Gasteiger partial charge in [0.05, 0.1) is 5.52 Å². The van der Waals surface area contributed by atoms with Crippen molar-refractivity contribution in [2.45, 2.75) is 6.54 Å². The number of nitrogens with one attached hydrogen (secondary N) is 1. The summed E-state index contributed by atoms with van der Waals surface area (Å²) < 4.78 is 33.6. The Kier molecular flexibility index (Phi) is 4.95. The van der Waals surface area contributed by atoms with E-state index in [1.54, 1.807) is 37.4 Å². The summed E-state index contributed by atoms with van der Waals surface area (Å²) in [6.45, 7) is 0.289. The van der Waals surface area contributed by atoms with Gasteiger partial charge in [0.2, 0.25) is 0 Å². The fourth-order valence-electron chi connectivity index (χ4n) is 3.02. The molecule has 146 valence electrons. The summed E-state index contributed by atoms with van der Waals surface area (Å²) in [6, 6.07) is 17.1. The van der Waals surface area contributed by atoms with Gasteiger partial charge in [-0.25, -0.2) is 8.78 Å². The molecule has 1 aromatic heterocycles. The quantitative estimate of drug-likeness (QED) is 0.540. The maximum absolute atomic E-state index is 13.6. The number of hydrogen-bond donors (Lipinski definition) is 1. The van der Waals surface area contributed by atoms with E-state index in [0.717, 1.165) is 5.56 Å². The van der Waals surface area contributed by atoms with Crippen LogP contribution in [0.3, 0.4) is 0 Å². The molecule has 0 unspecified atom stereocenters. The molecule has 29 heavy (non-hydrogen) atoms. The van der Waals surface area contributed by atoms with Crippen LogP contribution in [0.15, 0.2) is 66.7 Å². The summed E-state index contributed by atoms with van der Waals surface area (Å²) >= 11 is 0. The predicted octanol–water partition coefficient (Wildman–Crippen LogP) is 4.57. The molecule has 0 fully saturated rings. The number of hydrogen-bond acceptors (Lipinski definition) is 3. The number of amides is 1. The van der Waals surface area contributed by atoms with E-state index < -0.39 is 5.82 Å². The van der Waals surface area contributed by atoms with Crippen molar-refractivity contribution in [2.24, 2.45) is 7.05 Å². The molecule has 0 atom stereocenters. The molecule has 1 amide bonds. The molecule has 0 aliphatic carbocycles. The first-order valence-corrected chi connectivity index (χ1v) is 8.92. The summed E-state index contributed by atoms with van der Waals surface area (Å²) in [7, 11) is 1.65. The van der Waals surface area contributed by atoms with Crippen LogP contribution in [0.2, 0.25) is 0 Å². The van der Waals surface area contributed by atoms with E-state index in [-0.39, 0.29) is 18.3 Å². The number of fused-ring (bicyclic) bond motifs is 1. The van der Waals surface area contributed by atoms with Crippen molar-refractivity contribution in [1.82, 2.24) is 15.1 Å². The van der Waals surface area contributed by atoms with E-state index in [2.05, 4.69) is 10.4 Å². The molecular weight excluding hydrogens is 376 g/mol. The fourth-order valence-corrected chi connectivity index (χ4v) is 3.02. The lowest BCUT2D eigenvalue weighted by Gasteiger charge is -2.08. The molecule has 0 spiro atoms. The average Bonchev–Trinajstić information content (AvgIpc) is 3.04. The van der Waals surface area contributed by atoms with Crippen LogP contribution in [0.5, 0.6) is 11.5 Å². The third-order valence-electron chi connectivity index (χ3n) is 4.44. The van der Waals surface area contributed by atoms with Crippen LogP contribution in [0.25, 0.3) is 10.9 Å². The second-order valence-corrected chi connectivity index (χ2v) is 6.52. The number of halogens is 2. The lowest BCUT2D eigenvalue weighted by Crippen LogP contribution is -2.25. The van der Waals surface area contributed by atoms with Gasteiger partial charge in [-0.3, -0.25) is 9.48 Å². The Labute approximate surface area is 165 Å². The third kappa shape index (κ3) is 4.08. The minimum absolute atomic E-state index is 0.289. The molecular formula is C22H17F2N3O2. The standard InChI is InChI=1S/C22H17F2N3O2/c1-27-21(19-12-16(24)6-11-20(19)26-27)22(28)25-13-14-2-7-17(8-3-14)29-18-9-4-15(23)5-10-18/h2-12H,13H2,1H3,(H,25,28). The van der Waals surface area contributed by atoms with Crippen molar-refractivity contribution in [3.8, 4) is 11.5 Å². The Balaban J connectivity index is 1.43. The largest absolute Gasteiger partial charge is 0.457 e. The Morgan fingerprint density at radius 1 is 0.966 bits per heavy atom. The highest BCUT2D eigenvalue weighted by molar-refractivity contribution is 6.04. The van der Waals surface area contributed by atoms with E-state index in [4.69, 9.17) is 4.74 Å². The maximum atomic E-state index is 13.6. The Morgan fingerprint density at radius 2 is 1.59 bits per heavy atom. The van der Waals surface area contributed by atoms with Gasteiger partial charge in [-0.05, 0) is 60.2 Å². The van der Waals surface area contributed by atoms with E-state index >= 15 is 0 Å². The smallest absolute Gasteiger partial charge is 0.270 e. The molecule has 1 heterocycles. The molecule has 1 N–H and O–H groups in total. The molecule has 4 aromatic rings. The van der Waals surface area contributed by atoms with Crippen LogP contribution in [0, 0.1) is 11.6 Å². The molecule has 0 saturated carbocycles. The zero-order chi connectivity index (χ0) is 20.4.